The van der Waals surface area contributed by atoms with Gasteiger partial charge in [-0.25, -0.2) is 0 Å². The second-order valence-electron chi connectivity index (χ2n) is 11.6. The van der Waals surface area contributed by atoms with Gasteiger partial charge >= 0.3 is 14.5 Å². The van der Waals surface area contributed by atoms with E-state index in [1.165, 1.54) is 42.7 Å². The molecule has 0 unspecified atom stereocenters. The van der Waals surface area contributed by atoms with E-state index in [1.807, 2.05) is 0 Å². The highest BCUT2D eigenvalue weighted by atomic mass is 27.2. The molecule has 0 aromatic rings. The normalized spacial score (nSPS) is 20.2. The quantitative estimate of drug-likeness (QED) is 0.349. The summed E-state index contributed by atoms with van der Waals surface area (Å²) in [4.78, 5) is 0. The summed E-state index contributed by atoms with van der Waals surface area (Å²) >= 11 is -1.10. The minimum Gasteiger partial charge on any atom is -0.495 e. The van der Waals surface area contributed by atoms with E-state index in [9.17, 15) is 0 Å². The van der Waals surface area contributed by atoms with Gasteiger partial charge in [-0.15, -0.1) is 0 Å². The maximum atomic E-state index is 7.36. The Bertz CT molecular complexity index is 377. The molecule has 1 saturated heterocycles. The van der Waals surface area contributed by atoms with E-state index in [2.05, 4.69) is 69.2 Å². The van der Waals surface area contributed by atoms with Crippen LogP contribution in [0, 0.1) is 35.0 Å². The molecule has 0 aromatic heterocycles. The van der Waals surface area contributed by atoms with Gasteiger partial charge in [-0.3, -0.25) is 0 Å². The molecule has 1 aliphatic rings. The molecule has 0 aliphatic carbocycles. The fraction of sp³-hybridized carbons (Fsp3) is 1.00. The molecule has 0 amide bonds. The predicted octanol–water partition coefficient (Wildman–Crippen LogP) is 7.96. The molecule has 1 aliphatic heterocycles. The smallest absolute Gasteiger partial charge is 0.461 e. The average Bonchev–Trinajstić information content (AvgIpc) is 2.39. The molecule has 0 spiro atoms. The largest absolute Gasteiger partial charge is 0.495 e. The van der Waals surface area contributed by atoms with Gasteiger partial charge in [-0.1, -0.05) is 92.1 Å². The SMILES string of the molecule is CC(C)[CH2][Al]1[CH2]CC(CC(C)C)(CC(C)C)C(CC(C)C)(CC(C)C)[O]1. The molecule has 154 valence electrons. The van der Waals surface area contributed by atoms with Crippen LogP contribution in [0.3, 0.4) is 0 Å². The molecule has 1 heterocycles. The Kier molecular flexibility index (Phi) is 9.74. The molecule has 1 rings (SSSR count). The average molecular weight is 381 g/mol. The Morgan fingerprint density at radius 1 is 0.654 bits per heavy atom. The first kappa shape index (κ1) is 24.5. The fourth-order valence-corrected chi connectivity index (χ4v) is 9.47. The summed E-state index contributed by atoms with van der Waals surface area (Å²) in [5, 5.41) is 2.76. The van der Waals surface area contributed by atoms with Crippen molar-refractivity contribution < 1.29 is 3.79 Å². The number of rotatable bonds is 10. The van der Waals surface area contributed by atoms with Gasteiger partial charge in [0.25, 0.3) is 0 Å². The maximum Gasteiger partial charge on any atom is 0.461 e. The summed E-state index contributed by atoms with van der Waals surface area (Å²) in [6, 6.07) is 0. The minimum absolute atomic E-state index is 0.119. The highest BCUT2D eigenvalue weighted by Gasteiger charge is 2.56. The second kappa shape index (κ2) is 10.3. The van der Waals surface area contributed by atoms with Crippen LogP contribution in [0.1, 0.15) is 101 Å². The summed E-state index contributed by atoms with van der Waals surface area (Å²) in [6.07, 6.45) is 6.62. The number of hydrogen-bond acceptors (Lipinski definition) is 1. The first-order valence-electron chi connectivity index (χ1n) is 11.6. The summed E-state index contributed by atoms with van der Waals surface area (Å²) in [7, 11) is 0. The number of hydrogen-bond donors (Lipinski definition) is 0. The third-order valence-electron chi connectivity index (χ3n) is 6.11. The Balaban J connectivity index is 3.38. The standard InChI is InChI=1S/C20H40O.C4H9.Al/c1-10-19(11-15(2)3,12-16(4)5)20(21,13-17(6)7)14-18(8)9;1-4(2)3;/h15-18H,1,10-14H2,2-9H3;4H,1H2,2-3H3;/q-1;;+1. The summed E-state index contributed by atoms with van der Waals surface area (Å²) in [6.45, 7) is 24.1. The molecule has 0 aromatic carbocycles. The van der Waals surface area contributed by atoms with Crippen molar-refractivity contribution in [3.05, 3.63) is 0 Å². The molecule has 1 fully saturated rings. The van der Waals surface area contributed by atoms with Crippen LogP contribution >= 0.6 is 0 Å². The molecule has 0 bridgehead atoms. The first-order valence-corrected chi connectivity index (χ1v) is 13.7. The summed E-state index contributed by atoms with van der Waals surface area (Å²) in [5.41, 5.74) is 0.498. The third kappa shape index (κ3) is 6.83. The van der Waals surface area contributed by atoms with Crippen molar-refractivity contribution in [2.75, 3.05) is 0 Å². The van der Waals surface area contributed by atoms with Crippen LogP contribution in [-0.2, 0) is 3.79 Å². The van der Waals surface area contributed by atoms with Crippen LogP contribution in [0.25, 0.3) is 0 Å². The van der Waals surface area contributed by atoms with Crippen molar-refractivity contribution in [2.45, 2.75) is 118 Å². The van der Waals surface area contributed by atoms with Gasteiger partial charge in [0.05, 0.1) is 0 Å². The van der Waals surface area contributed by atoms with Crippen molar-refractivity contribution in [3.63, 3.8) is 0 Å². The van der Waals surface area contributed by atoms with E-state index >= 15 is 0 Å². The lowest BCUT2D eigenvalue weighted by atomic mass is 9.57. The lowest BCUT2D eigenvalue weighted by Crippen LogP contribution is -2.59. The maximum absolute atomic E-state index is 7.36. The van der Waals surface area contributed by atoms with Crippen LogP contribution in [0.5, 0.6) is 0 Å². The Labute approximate surface area is 170 Å². The lowest BCUT2D eigenvalue weighted by Gasteiger charge is -2.59. The zero-order chi connectivity index (χ0) is 20.1. The summed E-state index contributed by atoms with van der Waals surface area (Å²) < 4.78 is 7.36. The lowest BCUT2D eigenvalue weighted by molar-refractivity contribution is -0.129. The van der Waals surface area contributed by atoms with Crippen molar-refractivity contribution in [1.82, 2.24) is 0 Å². The van der Waals surface area contributed by atoms with Gasteiger partial charge in [0, 0.05) is 5.60 Å². The van der Waals surface area contributed by atoms with Crippen molar-refractivity contribution in [3.8, 4) is 0 Å². The Morgan fingerprint density at radius 2 is 1.08 bits per heavy atom. The molecule has 2 heteroatoms. The van der Waals surface area contributed by atoms with Crippen LogP contribution < -0.4 is 0 Å². The molecule has 0 radical (unpaired) electrons. The summed E-state index contributed by atoms with van der Waals surface area (Å²) in [5.74, 6) is 3.70. The Hall–Kier alpha value is 0.492. The van der Waals surface area contributed by atoms with Crippen LogP contribution in [0.2, 0.25) is 10.6 Å². The van der Waals surface area contributed by atoms with E-state index < -0.39 is 14.5 Å². The topological polar surface area (TPSA) is 9.23 Å². The second-order valence-corrected chi connectivity index (χ2v) is 14.1. The van der Waals surface area contributed by atoms with Crippen LogP contribution in [0.15, 0.2) is 0 Å². The third-order valence-corrected chi connectivity index (χ3v) is 9.30. The van der Waals surface area contributed by atoms with Crippen LogP contribution in [-0.4, -0.2) is 20.1 Å². The van der Waals surface area contributed by atoms with E-state index in [0.29, 0.717) is 17.3 Å². The van der Waals surface area contributed by atoms with E-state index in [4.69, 9.17) is 3.79 Å². The minimum atomic E-state index is -1.10. The van der Waals surface area contributed by atoms with Gasteiger partial charge < -0.3 is 3.79 Å². The zero-order valence-electron chi connectivity index (χ0n) is 19.8. The van der Waals surface area contributed by atoms with Crippen molar-refractivity contribution >= 4 is 14.5 Å². The van der Waals surface area contributed by atoms with Gasteiger partial charge in [-0.05, 0) is 54.8 Å². The molecular formula is C24H49AlO. The predicted molar refractivity (Wildman–Crippen MR) is 119 cm³/mol. The van der Waals surface area contributed by atoms with E-state index in [0.717, 1.165) is 17.8 Å². The van der Waals surface area contributed by atoms with E-state index in [1.54, 1.807) is 0 Å². The highest BCUT2D eigenvalue weighted by molar-refractivity contribution is 6.52. The van der Waals surface area contributed by atoms with Crippen LogP contribution in [0.4, 0.5) is 0 Å². The molecule has 26 heavy (non-hydrogen) atoms. The van der Waals surface area contributed by atoms with Gasteiger partial charge in [-0.2, -0.15) is 0 Å². The highest BCUT2D eigenvalue weighted by Crippen LogP contribution is 2.57. The first-order chi connectivity index (χ1) is 11.9. The molecule has 0 N–H and O–H groups in total. The van der Waals surface area contributed by atoms with Crippen molar-refractivity contribution in [2.24, 2.45) is 35.0 Å². The van der Waals surface area contributed by atoms with Gasteiger partial charge in [0.2, 0.25) is 0 Å². The Morgan fingerprint density at radius 3 is 1.42 bits per heavy atom. The molecular weight excluding hydrogens is 331 g/mol. The zero-order valence-corrected chi connectivity index (χ0v) is 21.0. The molecule has 0 saturated carbocycles. The monoisotopic (exact) mass is 380 g/mol. The fourth-order valence-electron chi connectivity index (χ4n) is 6.01. The van der Waals surface area contributed by atoms with Gasteiger partial charge in [0.1, 0.15) is 0 Å². The van der Waals surface area contributed by atoms with Gasteiger partial charge in [0.15, 0.2) is 0 Å². The van der Waals surface area contributed by atoms with E-state index in [-0.39, 0.29) is 5.60 Å². The molecule has 1 nitrogen and oxygen atoms in total. The van der Waals surface area contributed by atoms with Crippen molar-refractivity contribution in [1.29, 1.82) is 0 Å². The molecule has 0 atom stereocenters.